The molecule has 0 fully saturated rings. The summed E-state index contributed by atoms with van der Waals surface area (Å²) < 4.78 is 6.91. The van der Waals surface area contributed by atoms with Crippen molar-refractivity contribution in [1.29, 1.82) is 0 Å². The highest BCUT2D eigenvalue weighted by Gasteiger charge is 2.32. The van der Waals surface area contributed by atoms with Gasteiger partial charge in [0.2, 0.25) is 11.8 Å². The molecule has 0 unspecified atom stereocenters. The van der Waals surface area contributed by atoms with Gasteiger partial charge < -0.3 is 14.6 Å². The van der Waals surface area contributed by atoms with Crippen molar-refractivity contribution in [2.45, 2.75) is 25.7 Å². The summed E-state index contributed by atoms with van der Waals surface area (Å²) >= 11 is 0. The zero-order valence-corrected chi connectivity index (χ0v) is 19.4. The van der Waals surface area contributed by atoms with Crippen molar-refractivity contribution >= 4 is 22.8 Å². The minimum Gasteiger partial charge on any atom is -0.467 e. The van der Waals surface area contributed by atoms with Gasteiger partial charge in [-0.25, -0.2) is 4.68 Å². The Balaban J connectivity index is 1.49. The highest BCUT2D eigenvalue weighted by Crippen LogP contribution is 2.25. The number of pyridine rings is 1. The molecule has 36 heavy (non-hydrogen) atoms. The van der Waals surface area contributed by atoms with Gasteiger partial charge in [-0.05, 0) is 41.5 Å². The van der Waals surface area contributed by atoms with Crippen molar-refractivity contribution in [2.75, 3.05) is 0 Å². The number of rotatable bonds is 9. The highest BCUT2D eigenvalue weighted by atomic mass is 16.3. The molecule has 0 bridgehead atoms. The summed E-state index contributed by atoms with van der Waals surface area (Å²) in [4.78, 5) is 33.2. The Bertz CT molecular complexity index is 1430. The SMILES string of the molecule is O=C(NCc1ccco1)[C@H](c1ccccc1)N(Cc1cccnc1)C(=O)Cn1nnc2ccccc21. The van der Waals surface area contributed by atoms with E-state index < -0.39 is 6.04 Å². The molecule has 5 rings (SSSR count). The maximum absolute atomic E-state index is 13.8. The van der Waals surface area contributed by atoms with Gasteiger partial charge in [-0.15, -0.1) is 5.10 Å². The fourth-order valence-corrected chi connectivity index (χ4v) is 4.06. The van der Waals surface area contributed by atoms with Gasteiger partial charge in [0.05, 0.1) is 18.3 Å². The van der Waals surface area contributed by atoms with Gasteiger partial charge in [-0.2, -0.15) is 0 Å². The molecule has 2 aromatic carbocycles. The number of fused-ring (bicyclic) bond motifs is 1. The number of carbonyl (C=O) groups excluding carboxylic acids is 2. The second kappa shape index (κ2) is 10.6. The lowest BCUT2D eigenvalue weighted by Crippen LogP contribution is -2.44. The minimum atomic E-state index is -0.886. The van der Waals surface area contributed by atoms with Gasteiger partial charge in [0.25, 0.3) is 0 Å². The Kier molecular flexibility index (Phi) is 6.79. The van der Waals surface area contributed by atoms with E-state index in [1.54, 1.807) is 46.4 Å². The van der Waals surface area contributed by atoms with E-state index in [9.17, 15) is 9.59 Å². The molecule has 0 radical (unpaired) electrons. The molecule has 180 valence electrons. The highest BCUT2D eigenvalue weighted by molar-refractivity contribution is 5.89. The first kappa shape index (κ1) is 23.0. The van der Waals surface area contributed by atoms with Crippen molar-refractivity contribution < 1.29 is 14.0 Å². The summed E-state index contributed by atoms with van der Waals surface area (Å²) in [5.74, 6) is 0.0178. The molecule has 9 heteroatoms. The predicted octanol–water partition coefficient (Wildman–Crippen LogP) is 3.51. The molecule has 9 nitrogen and oxygen atoms in total. The average molecular weight is 481 g/mol. The number of carbonyl (C=O) groups is 2. The number of hydrogen-bond acceptors (Lipinski definition) is 6. The third-order valence-electron chi connectivity index (χ3n) is 5.79. The number of benzene rings is 2. The van der Waals surface area contributed by atoms with Gasteiger partial charge >= 0.3 is 0 Å². The van der Waals surface area contributed by atoms with Crippen LogP contribution in [-0.2, 0) is 29.2 Å². The molecule has 0 saturated heterocycles. The van der Waals surface area contributed by atoms with Crippen LogP contribution in [-0.4, -0.2) is 36.7 Å². The Morgan fingerprint density at radius 2 is 1.81 bits per heavy atom. The van der Waals surface area contributed by atoms with E-state index in [0.717, 1.165) is 11.1 Å². The van der Waals surface area contributed by atoms with Gasteiger partial charge in [-0.1, -0.05) is 53.7 Å². The number of amides is 2. The number of hydrogen-bond donors (Lipinski definition) is 1. The summed E-state index contributed by atoms with van der Waals surface area (Å²) in [6.07, 6.45) is 4.91. The van der Waals surface area contributed by atoms with Crippen LogP contribution in [0, 0.1) is 0 Å². The Morgan fingerprint density at radius 3 is 2.58 bits per heavy atom. The molecule has 5 aromatic rings. The summed E-state index contributed by atoms with van der Waals surface area (Å²) in [5, 5.41) is 11.2. The fourth-order valence-electron chi connectivity index (χ4n) is 4.06. The number of furan rings is 1. The summed E-state index contributed by atoms with van der Waals surface area (Å²) in [6.45, 7) is 0.320. The standard InChI is InChI=1S/C27H24N6O3/c34-25(19-33-24-13-5-4-12-23(24)30-31-33)32(18-20-8-6-14-28-16-20)26(21-9-2-1-3-10-21)27(35)29-17-22-11-7-15-36-22/h1-16,26H,17-19H2,(H,29,35)/t26-/m0/s1. The van der Waals surface area contributed by atoms with Crippen LogP contribution < -0.4 is 5.32 Å². The third-order valence-corrected chi connectivity index (χ3v) is 5.79. The largest absolute Gasteiger partial charge is 0.467 e. The first-order chi connectivity index (χ1) is 17.7. The molecule has 0 aliphatic carbocycles. The first-order valence-corrected chi connectivity index (χ1v) is 11.5. The maximum atomic E-state index is 13.8. The average Bonchev–Trinajstić information content (AvgIpc) is 3.59. The minimum absolute atomic E-state index is 0.0738. The van der Waals surface area contributed by atoms with Crippen LogP contribution in [0.4, 0.5) is 0 Å². The predicted molar refractivity (Wildman–Crippen MR) is 132 cm³/mol. The molecular weight excluding hydrogens is 456 g/mol. The molecular formula is C27H24N6O3. The van der Waals surface area contributed by atoms with E-state index in [-0.39, 0.29) is 31.4 Å². The van der Waals surface area contributed by atoms with Crippen LogP contribution in [0.15, 0.2) is 102 Å². The lowest BCUT2D eigenvalue weighted by molar-refractivity contribution is -0.142. The molecule has 1 N–H and O–H groups in total. The smallest absolute Gasteiger partial charge is 0.247 e. The van der Waals surface area contributed by atoms with E-state index in [4.69, 9.17) is 4.42 Å². The van der Waals surface area contributed by atoms with Crippen LogP contribution in [0.25, 0.3) is 11.0 Å². The van der Waals surface area contributed by atoms with Gasteiger partial charge in [0, 0.05) is 18.9 Å². The van der Waals surface area contributed by atoms with Gasteiger partial charge in [-0.3, -0.25) is 14.6 Å². The van der Waals surface area contributed by atoms with Gasteiger partial charge in [0.1, 0.15) is 23.9 Å². The number of nitrogens with zero attached hydrogens (tertiary/aromatic N) is 5. The van der Waals surface area contributed by atoms with Gasteiger partial charge in [0.15, 0.2) is 0 Å². The van der Waals surface area contributed by atoms with Crippen LogP contribution in [0.5, 0.6) is 0 Å². The van der Waals surface area contributed by atoms with Crippen molar-refractivity contribution in [3.05, 3.63) is 114 Å². The lowest BCUT2D eigenvalue weighted by atomic mass is 10.0. The maximum Gasteiger partial charge on any atom is 0.247 e. The van der Waals surface area contributed by atoms with E-state index in [1.165, 1.54) is 0 Å². The normalized spacial score (nSPS) is 11.8. The van der Waals surface area contributed by atoms with Crippen LogP contribution in [0.1, 0.15) is 22.9 Å². The number of aromatic nitrogens is 4. The Labute approximate surface area is 207 Å². The zero-order valence-electron chi connectivity index (χ0n) is 19.4. The summed E-state index contributed by atoms with van der Waals surface area (Å²) in [7, 11) is 0. The van der Waals surface area contributed by atoms with Crippen LogP contribution >= 0.6 is 0 Å². The molecule has 3 heterocycles. The van der Waals surface area contributed by atoms with Crippen molar-refractivity contribution in [3.63, 3.8) is 0 Å². The Morgan fingerprint density at radius 1 is 0.972 bits per heavy atom. The van der Waals surface area contributed by atoms with E-state index >= 15 is 0 Å². The quantitative estimate of drug-likeness (QED) is 0.346. The second-order valence-electron chi connectivity index (χ2n) is 8.23. The van der Waals surface area contributed by atoms with E-state index in [2.05, 4.69) is 20.6 Å². The first-order valence-electron chi connectivity index (χ1n) is 11.5. The summed E-state index contributed by atoms with van der Waals surface area (Å²) in [6, 6.07) is 23.0. The lowest BCUT2D eigenvalue weighted by Gasteiger charge is -2.31. The molecule has 0 aliphatic rings. The number of para-hydroxylation sites is 1. The number of nitrogens with one attached hydrogen (secondary N) is 1. The van der Waals surface area contributed by atoms with E-state index in [0.29, 0.717) is 16.8 Å². The third kappa shape index (κ3) is 5.15. The second-order valence-corrected chi connectivity index (χ2v) is 8.23. The molecule has 2 amide bonds. The van der Waals surface area contributed by atoms with Crippen molar-refractivity contribution in [1.82, 2.24) is 30.2 Å². The van der Waals surface area contributed by atoms with Crippen LogP contribution in [0.3, 0.4) is 0 Å². The topological polar surface area (TPSA) is 106 Å². The Hall–Kier alpha value is -4.79. The van der Waals surface area contributed by atoms with Crippen molar-refractivity contribution in [2.24, 2.45) is 0 Å². The molecule has 3 aromatic heterocycles. The fraction of sp³-hybridized carbons (Fsp3) is 0.148. The van der Waals surface area contributed by atoms with Crippen molar-refractivity contribution in [3.8, 4) is 0 Å². The molecule has 0 saturated carbocycles. The molecule has 0 spiro atoms. The molecule has 0 aliphatic heterocycles. The molecule has 1 atom stereocenters. The van der Waals surface area contributed by atoms with E-state index in [1.807, 2.05) is 60.7 Å². The summed E-state index contributed by atoms with van der Waals surface area (Å²) in [5.41, 5.74) is 2.93. The monoisotopic (exact) mass is 480 g/mol. The zero-order chi connectivity index (χ0) is 24.7. The van der Waals surface area contributed by atoms with Crippen LogP contribution in [0.2, 0.25) is 0 Å².